The zero-order valence-electron chi connectivity index (χ0n) is 14.7. The van der Waals surface area contributed by atoms with Crippen molar-refractivity contribution in [1.29, 1.82) is 0 Å². The molecule has 1 aromatic rings. The molecule has 0 saturated carbocycles. The fourth-order valence-electron chi connectivity index (χ4n) is 1.99. The van der Waals surface area contributed by atoms with Crippen molar-refractivity contribution in [1.82, 2.24) is 14.9 Å². The van der Waals surface area contributed by atoms with Crippen LogP contribution in [0, 0.1) is 0 Å². The van der Waals surface area contributed by atoms with Gasteiger partial charge in [-0.2, -0.15) is 0 Å². The predicted molar refractivity (Wildman–Crippen MR) is 99.3 cm³/mol. The Hall–Kier alpha value is -1.15. The monoisotopic (exact) mass is 377 g/mol. The van der Waals surface area contributed by atoms with E-state index in [1.807, 2.05) is 13.8 Å². The van der Waals surface area contributed by atoms with E-state index < -0.39 is 10.0 Å². The molecule has 1 aromatic carbocycles. The molecule has 0 aliphatic rings. The molecule has 1 unspecified atom stereocenters. The number of hydrogen-bond donors (Lipinski definition) is 2. The van der Waals surface area contributed by atoms with Crippen molar-refractivity contribution >= 4 is 28.3 Å². The lowest BCUT2D eigenvalue weighted by molar-refractivity contribution is 0.0789. The van der Waals surface area contributed by atoms with E-state index >= 15 is 0 Å². The second kappa shape index (κ2) is 10.7. The molecule has 6 nitrogen and oxygen atoms in total. The summed E-state index contributed by atoms with van der Waals surface area (Å²) in [5.74, 6) is -0.277. The highest BCUT2D eigenvalue weighted by Crippen LogP contribution is 2.17. The van der Waals surface area contributed by atoms with Gasteiger partial charge in [-0.25, -0.2) is 13.1 Å². The van der Waals surface area contributed by atoms with E-state index in [-0.39, 0.29) is 41.4 Å². The van der Waals surface area contributed by atoms with E-state index in [1.54, 1.807) is 37.2 Å². The number of rotatable bonds is 9. The summed E-state index contributed by atoms with van der Waals surface area (Å²) in [5.41, 5.74) is 0.204. The minimum Gasteiger partial charge on any atom is -0.342 e. The lowest BCUT2D eigenvalue weighted by Crippen LogP contribution is -2.38. The molecule has 0 aliphatic carbocycles. The van der Waals surface area contributed by atoms with Gasteiger partial charge < -0.3 is 10.2 Å². The first-order chi connectivity index (χ1) is 10.8. The summed E-state index contributed by atoms with van der Waals surface area (Å²) in [6.07, 6.45) is 1.86. The van der Waals surface area contributed by atoms with Gasteiger partial charge >= 0.3 is 0 Å². The van der Waals surface area contributed by atoms with Crippen molar-refractivity contribution in [2.45, 2.75) is 37.6 Å². The predicted octanol–water partition coefficient (Wildman–Crippen LogP) is 1.87. The van der Waals surface area contributed by atoms with Crippen LogP contribution in [0.2, 0.25) is 0 Å². The third-order valence-corrected chi connectivity index (χ3v) is 5.15. The Morgan fingerprint density at radius 1 is 1.29 bits per heavy atom. The molecule has 24 heavy (non-hydrogen) atoms. The van der Waals surface area contributed by atoms with Crippen molar-refractivity contribution in [2.75, 3.05) is 27.2 Å². The van der Waals surface area contributed by atoms with Crippen LogP contribution in [0.15, 0.2) is 29.2 Å². The zero-order chi connectivity index (χ0) is 17.5. The summed E-state index contributed by atoms with van der Waals surface area (Å²) in [4.78, 5) is 14.1. The van der Waals surface area contributed by atoms with Crippen LogP contribution in [0.4, 0.5) is 0 Å². The molecule has 0 aliphatic heterocycles. The third-order valence-electron chi connectivity index (χ3n) is 3.67. The van der Waals surface area contributed by atoms with E-state index in [0.717, 1.165) is 12.8 Å². The van der Waals surface area contributed by atoms with Crippen LogP contribution in [-0.2, 0) is 10.0 Å². The van der Waals surface area contributed by atoms with Gasteiger partial charge in [0.25, 0.3) is 5.91 Å². The Labute approximate surface area is 151 Å². The van der Waals surface area contributed by atoms with E-state index in [1.165, 1.54) is 6.07 Å². The Kier molecular flexibility index (Phi) is 10.1. The van der Waals surface area contributed by atoms with Gasteiger partial charge in [-0.3, -0.25) is 4.79 Å². The second-order valence-corrected chi connectivity index (χ2v) is 7.35. The number of carbonyl (C=O) groups is 1. The normalized spacial score (nSPS) is 12.3. The van der Waals surface area contributed by atoms with Gasteiger partial charge in [-0.1, -0.05) is 25.5 Å². The molecule has 0 saturated heterocycles. The zero-order valence-corrected chi connectivity index (χ0v) is 16.3. The summed E-state index contributed by atoms with van der Waals surface area (Å²) >= 11 is 0. The number of carbonyl (C=O) groups excluding carboxylic acids is 1. The van der Waals surface area contributed by atoms with Crippen LogP contribution >= 0.6 is 12.4 Å². The molecule has 0 spiro atoms. The van der Waals surface area contributed by atoms with Crippen molar-refractivity contribution in [2.24, 2.45) is 0 Å². The molecular formula is C16H28ClN3O3S. The second-order valence-electron chi connectivity index (χ2n) is 5.62. The van der Waals surface area contributed by atoms with Crippen molar-refractivity contribution in [3.63, 3.8) is 0 Å². The van der Waals surface area contributed by atoms with E-state index in [9.17, 15) is 13.2 Å². The van der Waals surface area contributed by atoms with Gasteiger partial charge in [0, 0.05) is 26.2 Å². The standard InChI is InChI=1S/C16H27N3O3S.ClH/c1-5-6-11-19(4)16(20)14-9-7-8-10-15(14)23(21,22)18-12-13(2)17-3;/h7-10,13,17-18H,5-6,11-12H2,1-4H3;1H. The topological polar surface area (TPSA) is 78.5 Å². The maximum absolute atomic E-state index is 12.5. The minimum absolute atomic E-state index is 0. The van der Waals surface area contributed by atoms with Gasteiger partial charge in [-0.15, -0.1) is 12.4 Å². The van der Waals surface area contributed by atoms with E-state index in [0.29, 0.717) is 6.54 Å². The molecule has 0 fully saturated rings. The number of benzene rings is 1. The lowest BCUT2D eigenvalue weighted by Gasteiger charge is -2.19. The lowest BCUT2D eigenvalue weighted by atomic mass is 10.2. The van der Waals surface area contributed by atoms with Crippen molar-refractivity contribution < 1.29 is 13.2 Å². The summed E-state index contributed by atoms with van der Waals surface area (Å²) in [7, 11) is -0.277. The van der Waals surface area contributed by atoms with Gasteiger partial charge in [0.1, 0.15) is 0 Å². The van der Waals surface area contributed by atoms with Crippen LogP contribution in [0.25, 0.3) is 0 Å². The molecule has 0 radical (unpaired) electrons. The molecule has 2 N–H and O–H groups in total. The van der Waals surface area contributed by atoms with E-state index in [2.05, 4.69) is 10.0 Å². The number of halogens is 1. The number of nitrogens with zero attached hydrogens (tertiary/aromatic N) is 1. The summed E-state index contributed by atoms with van der Waals surface area (Å²) < 4.78 is 27.6. The number of sulfonamides is 1. The average molecular weight is 378 g/mol. The van der Waals surface area contributed by atoms with Gasteiger partial charge in [0.05, 0.1) is 10.5 Å². The summed E-state index contributed by atoms with van der Waals surface area (Å²) in [6.45, 7) is 4.78. The molecule has 8 heteroatoms. The molecule has 0 aromatic heterocycles. The minimum atomic E-state index is -3.73. The van der Waals surface area contributed by atoms with Crippen molar-refractivity contribution in [3.05, 3.63) is 29.8 Å². The molecule has 0 bridgehead atoms. The van der Waals surface area contributed by atoms with Crippen LogP contribution in [0.5, 0.6) is 0 Å². The van der Waals surface area contributed by atoms with Gasteiger partial charge in [0.2, 0.25) is 10.0 Å². The maximum Gasteiger partial charge on any atom is 0.254 e. The quantitative estimate of drug-likeness (QED) is 0.688. The van der Waals surface area contributed by atoms with Crippen LogP contribution in [0.3, 0.4) is 0 Å². The summed E-state index contributed by atoms with van der Waals surface area (Å²) in [5, 5.41) is 2.97. The van der Waals surface area contributed by atoms with Crippen LogP contribution < -0.4 is 10.0 Å². The Bertz CT molecular complexity index is 623. The molecule has 1 amide bonds. The maximum atomic E-state index is 12.5. The largest absolute Gasteiger partial charge is 0.342 e. The molecule has 1 rings (SSSR count). The Morgan fingerprint density at radius 2 is 1.92 bits per heavy atom. The first-order valence-corrected chi connectivity index (χ1v) is 9.33. The highest BCUT2D eigenvalue weighted by atomic mass is 35.5. The third kappa shape index (κ3) is 6.39. The SMILES string of the molecule is CCCCN(C)C(=O)c1ccccc1S(=O)(=O)NCC(C)NC.Cl. The Balaban J connectivity index is 0.00000529. The number of amides is 1. The number of nitrogens with one attached hydrogen (secondary N) is 2. The van der Waals surface area contributed by atoms with Gasteiger partial charge in [0.15, 0.2) is 0 Å². The highest BCUT2D eigenvalue weighted by molar-refractivity contribution is 7.89. The first-order valence-electron chi connectivity index (χ1n) is 7.85. The fraction of sp³-hybridized carbons (Fsp3) is 0.562. The molecule has 138 valence electrons. The molecule has 1 atom stereocenters. The number of likely N-dealkylation sites (N-methyl/N-ethyl adjacent to an activating group) is 1. The average Bonchev–Trinajstić information content (AvgIpc) is 2.56. The fourth-order valence-corrected chi connectivity index (χ4v) is 3.32. The van der Waals surface area contributed by atoms with Crippen LogP contribution in [-0.4, -0.2) is 52.5 Å². The van der Waals surface area contributed by atoms with Crippen molar-refractivity contribution in [3.8, 4) is 0 Å². The van der Waals surface area contributed by atoms with Gasteiger partial charge in [-0.05, 0) is 32.5 Å². The Morgan fingerprint density at radius 3 is 2.50 bits per heavy atom. The molecule has 0 heterocycles. The first kappa shape index (κ1) is 22.9. The van der Waals surface area contributed by atoms with E-state index in [4.69, 9.17) is 0 Å². The summed E-state index contributed by atoms with van der Waals surface area (Å²) in [6, 6.07) is 6.32. The molecular weight excluding hydrogens is 350 g/mol. The number of hydrogen-bond acceptors (Lipinski definition) is 4. The smallest absolute Gasteiger partial charge is 0.254 e. The number of unbranched alkanes of at least 4 members (excludes halogenated alkanes) is 1. The highest BCUT2D eigenvalue weighted by Gasteiger charge is 2.23. The van der Waals surface area contributed by atoms with Crippen LogP contribution in [0.1, 0.15) is 37.0 Å².